The van der Waals surface area contributed by atoms with E-state index in [1.54, 1.807) is 44.2 Å². The van der Waals surface area contributed by atoms with Crippen molar-refractivity contribution in [1.82, 2.24) is 10.3 Å². The molecule has 1 amide bonds. The molecule has 0 aliphatic rings. The zero-order valence-electron chi connectivity index (χ0n) is 19.4. The fourth-order valence-corrected chi connectivity index (χ4v) is 4.25. The fourth-order valence-electron chi connectivity index (χ4n) is 3.41. The van der Waals surface area contributed by atoms with Crippen molar-refractivity contribution in [3.8, 4) is 11.3 Å². The molecule has 0 saturated heterocycles. The van der Waals surface area contributed by atoms with Crippen LogP contribution >= 0.6 is 11.3 Å². The van der Waals surface area contributed by atoms with Gasteiger partial charge in [0.05, 0.1) is 10.6 Å². The van der Waals surface area contributed by atoms with Gasteiger partial charge in [-0.05, 0) is 23.6 Å². The summed E-state index contributed by atoms with van der Waals surface area (Å²) in [6.07, 6.45) is 1.76. The summed E-state index contributed by atoms with van der Waals surface area (Å²) in [7, 11) is 0. The fraction of sp³-hybridized carbons (Fsp3) is 0.240. The molecule has 0 spiro atoms. The van der Waals surface area contributed by atoms with Crippen molar-refractivity contribution in [3.63, 3.8) is 0 Å². The minimum absolute atomic E-state index is 0.00666. The number of aromatic nitrogens is 1. The Morgan fingerprint density at radius 2 is 1.97 bits per heavy atom. The summed E-state index contributed by atoms with van der Waals surface area (Å²) in [6, 6.07) is 12.3. The predicted molar refractivity (Wildman–Crippen MR) is 136 cm³/mol. The van der Waals surface area contributed by atoms with Gasteiger partial charge in [0.15, 0.2) is 5.13 Å². The number of benzene rings is 2. The minimum atomic E-state index is -1.07. The smallest absolute Gasteiger partial charge is 0.326 e. The highest BCUT2D eigenvalue weighted by Gasteiger charge is 2.24. The third kappa shape index (κ3) is 6.51. The molecule has 35 heavy (non-hydrogen) atoms. The van der Waals surface area contributed by atoms with Gasteiger partial charge < -0.3 is 15.3 Å². The minimum Gasteiger partial charge on any atom is -0.480 e. The lowest BCUT2D eigenvalue weighted by molar-refractivity contribution is -0.384. The molecular weight excluding hydrogens is 468 g/mol. The number of non-ortho nitro benzene ring substituents is 1. The maximum Gasteiger partial charge on any atom is 0.326 e. The summed E-state index contributed by atoms with van der Waals surface area (Å²) in [5.74, 6) is -1.76. The van der Waals surface area contributed by atoms with Crippen LogP contribution in [0.5, 0.6) is 0 Å². The molecule has 1 unspecified atom stereocenters. The molecule has 1 heterocycles. The third-order valence-corrected chi connectivity index (χ3v) is 6.18. The molecule has 0 aliphatic carbocycles. The second-order valence-electron chi connectivity index (χ2n) is 8.22. The maximum atomic E-state index is 12.5. The van der Waals surface area contributed by atoms with E-state index in [0.717, 1.165) is 10.7 Å². The predicted octanol–water partition coefficient (Wildman–Crippen LogP) is 4.75. The molecule has 1 atom stereocenters. The van der Waals surface area contributed by atoms with Crippen LogP contribution in [-0.2, 0) is 11.3 Å². The van der Waals surface area contributed by atoms with Crippen LogP contribution in [0.15, 0.2) is 66.6 Å². The number of rotatable bonds is 11. The molecule has 9 nitrogen and oxygen atoms in total. The van der Waals surface area contributed by atoms with Crippen LogP contribution in [0.4, 0.5) is 10.8 Å². The summed E-state index contributed by atoms with van der Waals surface area (Å²) in [4.78, 5) is 41.1. The van der Waals surface area contributed by atoms with E-state index in [2.05, 4.69) is 16.9 Å². The zero-order chi connectivity index (χ0) is 25.5. The molecule has 3 aromatic rings. The number of hydrogen-bond donors (Lipinski definition) is 2. The van der Waals surface area contributed by atoms with Crippen molar-refractivity contribution in [3.05, 3.63) is 87.8 Å². The summed E-state index contributed by atoms with van der Waals surface area (Å²) in [6.45, 7) is 8.31. The number of nitrogens with zero attached hydrogens (tertiary/aromatic N) is 3. The van der Waals surface area contributed by atoms with Gasteiger partial charge in [0, 0.05) is 41.7 Å². The highest BCUT2D eigenvalue weighted by molar-refractivity contribution is 7.14. The summed E-state index contributed by atoms with van der Waals surface area (Å²) < 4.78 is 0. The van der Waals surface area contributed by atoms with Gasteiger partial charge in [0.1, 0.15) is 6.04 Å². The third-order valence-electron chi connectivity index (χ3n) is 5.27. The maximum absolute atomic E-state index is 12.5. The second-order valence-corrected chi connectivity index (χ2v) is 9.06. The number of aliphatic carboxylic acids is 1. The van der Waals surface area contributed by atoms with Crippen LogP contribution < -0.4 is 10.2 Å². The Morgan fingerprint density at radius 1 is 1.26 bits per heavy atom. The number of hydrogen-bond acceptors (Lipinski definition) is 7. The Labute approximate surface area is 206 Å². The number of carboxylic acids is 1. The van der Waals surface area contributed by atoms with E-state index in [1.807, 2.05) is 22.4 Å². The number of nitro benzene ring substituents is 1. The van der Waals surface area contributed by atoms with Gasteiger partial charge in [-0.1, -0.05) is 44.2 Å². The number of nitro groups is 1. The van der Waals surface area contributed by atoms with Gasteiger partial charge in [0.25, 0.3) is 11.6 Å². The lowest BCUT2D eigenvalue weighted by Crippen LogP contribution is -2.44. The Bertz CT molecular complexity index is 1220. The lowest BCUT2D eigenvalue weighted by Gasteiger charge is -2.20. The van der Waals surface area contributed by atoms with E-state index in [4.69, 9.17) is 0 Å². The Hall–Kier alpha value is -4.05. The molecule has 10 heteroatoms. The van der Waals surface area contributed by atoms with Gasteiger partial charge in [-0.3, -0.25) is 14.9 Å². The van der Waals surface area contributed by atoms with Gasteiger partial charge in [-0.2, -0.15) is 0 Å². The van der Waals surface area contributed by atoms with Crippen LogP contribution in [0.2, 0.25) is 0 Å². The van der Waals surface area contributed by atoms with Crippen LogP contribution in [-0.4, -0.2) is 39.5 Å². The first kappa shape index (κ1) is 25.6. The Kier molecular flexibility index (Phi) is 8.32. The average molecular weight is 495 g/mol. The molecule has 0 radical (unpaired) electrons. The van der Waals surface area contributed by atoms with Crippen LogP contribution in [0.3, 0.4) is 0 Å². The quantitative estimate of drug-likeness (QED) is 0.224. The number of amides is 1. The number of nitrogens with one attached hydrogen (secondary N) is 1. The molecule has 1 aromatic heterocycles. The van der Waals surface area contributed by atoms with Gasteiger partial charge in [-0.25, -0.2) is 9.78 Å². The monoisotopic (exact) mass is 494 g/mol. The van der Waals surface area contributed by atoms with E-state index < -0.39 is 22.8 Å². The molecular formula is C25H26N4O5S. The van der Waals surface area contributed by atoms with Crippen LogP contribution in [0.25, 0.3) is 11.3 Å². The van der Waals surface area contributed by atoms with Gasteiger partial charge >= 0.3 is 5.97 Å². The first-order valence-corrected chi connectivity index (χ1v) is 11.8. The molecule has 0 saturated carbocycles. The van der Waals surface area contributed by atoms with Crippen molar-refractivity contribution < 1.29 is 19.6 Å². The first-order valence-electron chi connectivity index (χ1n) is 10.9. The van der Waals surface area contributed by atoms with Gasteiger partial charge in [-0.15, -0.1) is 17.9 Å². The van der Waals surface area contributed by atoms with Crippen LogP contribution in [0.1, 0.15) is 29.8 Å². The number of carboxylic acid groups (broad SMARTS) is 1. The van der Waals surface area contributed by atoms with Crippen LogP contribution in [0, 0.1) is 16.0 Å². The highest BCUT2D eigenvalue weighted by Crippen LogP contribution is 2.30. The van der Waals surface area contributed by atoms with E-state index in [0.29, 0.717) is 29.9 Å². The largest absolute Gasteiger partial charge is 0.480 e. The zero-order valence-corrected chi connectivity index (χ0v) is 20.2. The second kappa shape index (κ2) is 11.4. The molecule has 0 aliphatic heterocycles. The number of carbonyl (C=O) groups is 2. The standard InChI is InChI=1S/C25H26N4O5S/c1-4-12-28(25-26-21(15-35-25)19-6-5-7-20(13-19)29(33)34)14-17-8-10-18(11-9-17)23(30)27-22(16(2)3)24(31)32/h4-11,13,15-16,22H,1,12,14H2,2-3H3,(H,27,30)(H,31,32). The average Bonchev–Trinajstić information content (AvgIpc) is 3.32. The van der Waals surface area contributed by atoms with E-state index >= 15 is 0 Å². The number of carbonyl (C=O) groups excluding carboxylic acids is 1. The summed E-state index contributed by atoms with van der Waals surface area (Å²) in [5.41, 5.74) is 2.61. The van der Waals surface area contributed by atoms with Crippen molar-refractivity contribution in [2.75, 3.05) is 11.4 Å². The molecule has 2 N–H and O–H groups in total. The summed E-state index contributed by atoms with van der Waals surface area (Å²) in [5, 5.41) is 25.5. The lowest BCUT2D eigenvalue weighted by atomic mass is 10.0. The molecule has 0 bridgehead atoms. The van der Waals surface area contributed by atoms with Gasteiger partial charge in [0.2, 0.25) is 0 Å². The van der Waals surface area contributed by atoms with Crippen molar-refractivity contribution >= 4 is 34.0 Å². The normalized spacial score (nSPS) is 11.6. The van der Waals surface area contributed by atoms with Crippen molar-refractivity contribution in [2.24, 2.45) is 5.92 Å². The van der Waals surface area contributed by atoms with Crippen molar-refractivity contribution in [2.45, 2.75) is 26.4 Å². The Balaban J connectivity index is 1.74. The van der Waals surface area contributed by atoms with E-state index in [-0.39, 0.29) is 11.6 Å². The van der Waals surface area contributed by atoms with E-state index in [9.17, 15) is 24.8 Å². The molecule has 2 aromatic carbocycles. The highest BCUT2D eigenvalue weighted by atomic mass is 32.1. The molecule has 0 fully saturated rings. The molecule has 182 valence electrons. The number of thiazole rings is 1. The summed E-state index contributed by atoms with van der Waals surface area (Å²) >= 11 is 1.42. The topological polar surface area (TPSA) is 126 Å². The van der Waals surface area contributed by atoms with Crippen molar-refractivity contribution in [1.29, 1.82) is 0 Å². The first-order chi connectivity index (χ1) is 16.7. The molecule has 3 rings (SSSR count). The SMILES string of the molecule is C=CCN(Cc1ccc(C(=O)NC(C(=O)O)C(C)C)cc1)c1nc(-c2cccc([N+](=O)[O-])c2)cs1. The number of anilines is 1. The Morgan fingerprint density at radius 3 is 2.57 bits per heavy atom. The van der Waals surface area contributed by atoms with E-state index in [1.165, 1.54) is 23.5 Å².